The lowest BCUT2D eigenvalue weighted by Gasteiger charge is -2.34. The SMILES string of the molecule is CC(N)C(c1ccncc1)N1CCCc2ccccc2C1. The Bertz CT molecular complexity index is 580. The van der Waals surface area contributed by atoms with E-state index >= 15 is 0 Å². The third-order valence-corrected chi connectivity index (χ3v) is 4.32. The van der Waals surface area contributed by atoms with Crippen LogP contribution in [-0.2, 0) is 13.0 Å². The van der Waals surface area contributed by atoms with Crippen molar-refractivity contribution in [3.63, 3.8) is 0 Å². The Hall–Kier alpha value is -1.71. The molecule has 0 amide bonds. The van der Waals surface area contributed by atoms with Gasteiger partial charge in [-0.15, -0.1) is 0 Å². The quantitative estimate of drug-likeness (QED) is 0.940. The number of hydrogen-bond acceptors (Lipinski definition) is 3. The van der Waals surface area contributed by atoms with Crippen LogP contribution in [-0.4, -0.2) is 22.5 Å². The minimum Gasteiger partial charge on any atom is -0.326 e. The fraction of sp³-hybridized carbons (Fsp3) is 0.389. The maximum Gasteiger partial charge on any atom is 0.0501 e. The van der Waals surface area contributed by atoms with Gasteiger partial charge in [0.15, 0.2) is 0 Å². The van der Waals surface area contributed by atoms with E-state index in [9.17, 15) is 0 Å². The monoisotopic (exact) mass is 281 g/mol. The van der Waals surface area contributed by atoms with E-state index < -0.39 is 0 Å². The summed E-state index contributed by atoms with van der Waals surface area (Å²) in [5, 5.41) is 0. The maximum absolute atomic E-state index is 6.31. The molecule has 3 rings (SSSR count). The van der Waals surface area contributed by atoms with Crippen molar-refractivity contribution in [2.24, 2.45) is 5.73 Å². The van der Waals surface area contributed by atoms with Crippen molar-refractivity contribution >= 4 is 0 Å². The van der Waals surface area contributed by atoms with Crippen molar-refractivity contribution in [2.75, 3.05) is 6.54 Å². The minimum absolute atomic E-state index is 0.0951. The molecule has 0 spiro atoms. The molecule has 0 radical (unpaired) electrons. The van der Waals surface area contributed by atoms with E-state index in [1.165, 1.54) is 23.1 Å². The summed E-state index contributed by atoms with van der Waals surface area (Å²) in [5.74, 6) is 0. The van der Waals surface area contributed by atoms with Crippen LogP contribution in [0.3, 0.4) is 0 Å². The van der Waals surface area contributed by atoms with E-state index in [0.717, 1.165) is 19.5 Å². The molecule has 0 saturated carbocycles. The number of aromatic nitrogens is 1. The first-order valence-corrected chi connectivity index (χ1v) is 7.72. The van der Waals surface area contributed by atoms with Crippen LogP contribution >= 0.6 is 0 Å². The summed E-state index contributed by atoms with van der Waals surface area (Å²) >= 11 is 0. The molecule has 3 heteroatoms. The topological polar surface area (TPSA) is 42.1 Å². The number of nitrogens with two attached hydrogens (primary N) is 1. The van der Waals surface area contributed by atoms with Crippen molar-refractivity contribution in [3.8, 4) is 0 Å². The number of fused-ring (bicyclic) bond motifs is 1. The Balaban J connectivity index is 1.90. The van der Waals surface area contributed by atoms with E-state index in [1.54, 1.807) is 0 Å². The molecule has 2 heterocycles. The van der Waals surface area contributed by atoms with Gasteiger partial charge in [-0.2, -0.15) is 0 Å². The third-order valence-electron chi connectivity index (χ3n) is 4.32. The van der Waals surface area contributed by atoms with E-state index in [0.29, 0.717) is 0 Å². The van der Waals surface area contributed by atoms with Gasteiger partial charge in [-0.3, -0.25) is 9.88 Å². The van der Waals surface area contributed by atoms with E-state index in [2.05, 4.69) is 53.2 Å². The molecule has 21 heavy (non-hydrogen) atoms. The van der Waals surface area contributed by atoms with Gasteiger partial charge in [0.1, 0.15) is 0 Å². The maximum atomic E-state index is 6.31. The molecular weight excluding hydrogens is 258 g/mol. The van der Waals surface area contributed by atoms with Gasteiger partial charge in [0, 0.05) is 25.0 Å². The summed E-state index contributed by atoms with van der Waals surface area (Å²) in [6, 6.07) is 13.3. The molecule has 1 aromatic carbocycles. The van der Waals surface area contributed by atoms with E-state index in [-0.39, 0.29) is 12.1 Å². The van der Waals surface area contributed by atoms with Crippen LogP contribution in [0.25, 0.3) is 0 Å². The molecule has 0 saturated heterocycles. The zero-order valence-electron chi connectivity index (χ0n) is 12.6. The second-order valence-electron chi connectivity index (χ2n) is 5.93. The number of aryl methyl sites for hydroxylation is 1. The molecule has 1 aliphatic heterocycles. The van der Waals surface area contributed by atoms with Gasteiger partial charge in [-0.05, 0) is 55.1 Å². The molecule has 110 valence electrons. The Morgan fingerprint density at radius 2 is 1.81 bits per heavy atom. The lowest BCUT2D eigenvalue weighted by atomic mass is 9.99. The van der Waals surface area contributed by atoms with Gasteiger partial charge in [0.2, 0.25) is 0 Å². The first-order chi connectivity index (χ1) is 10.3. The highest BCUT2D eigenvalue weighted by Crippen LogP contribution is 2.28. The molecule has 2 N–H and O–H groups in total. The Kier molecular flexibility index (Phi) is 4.32. The van der Waals surface area contributed by atoms with Crippen LogP contribution in [0.4, 0.5) is 0 Å². The normalized spacial score (nSPS) is 18.6. The molecule has 1 aromatic heterocycles. The van der Waals surface area contributed by atoms with Crippen molar-refractivity contribution in [1.29, 1.82) is 0 Å². The van der Waals surface area contributed by atoms with Gasteiger partial charge in [0.05, 0.1) is 6.04 Å². The third kappa shape index (κ3) is 3.14. The van der Waals surface area contributed by atoms with Gasteiger partial charge in [-0.25, -0.2) is 0 Å². The summed E-state index contributed by atoms with van der Waals surface area (Å²) in [6.07, 6.45) is 6.06. The van der Waals surface area contributed by atoms with Gasteiger partial charge in [-0.1, -0.05) is 24.3 Å². The van der Waals surface area contributed by atoms with Crippen LogP contribution in [0.5, 0.6) is 0 Å². The summed E-state index contributed by atoms with van der Waals surface area (Å²) in [6.45, 7) is 4.16. The number of nitrogens with zero attached hydrogens (tertiary/aromatic N) is 2. The molecule has 0 fully saturated rings. The second kappa shape index (κ2) is 6.37. The fourth-order valence-corrected chi connectivity index (χ4v) is 3.37. The van der Waals surface area contributed by atoms with Crippen LogP contribution in [0.1, 0.15) is 36.1 Å². The van der Waals surface area contributed by atoms with Crippen molar-refractivity contribution in [3.05, 3.63) is 65.5 Å². The number of pyridine rings is 1. The lowest BCUT2D eigenvalue weighted by Crippen LogP contribution is -2.39. The largest absolute Gasteiger partial charge is 0.326 e. The fourth-order valence-electron chi connectivity index (χ4n) is 3.37. The molecule has 2 unspecified atom stereocenters. The number of hydrogen-bond donors (Lipinski definition) is 1. The summed E-state index contributed by atoms with van der Waals surface area (Å²) in [4.78, 5) is 6.65. The van der Waals surface area contributed by atoms with Crippen LogP contribution in [0, 0.1) is 0 Å². The molecule has 2 aromatic rings. The average Bonchev–Trinajstić information content (AvgIpc) is 2.70. The Morgan fingerprint density at radius 1 is 1.10 bits per heavy atom. The summed E-state index contributed by atoms with van der Waals surface area (Å²) < 4.78 is 0. The molecular formula is C18H23N3. The van der Waals surface area contributed by atoms with Crippen LogP contribution < -0.4 is 5.73 Å². The highest BCUT2D eigenvalue weighted by atomic mass is 15.2. The molecule has 2 atom stereocenters. The van der Waals surface area contributed by atoms with E-state index in [1.807, 2.05) is 12.4 Å². The minimum atomic E-state index is 0.0951. The summed E-state index contributed by atoms with van der Waals surface area (Å²) in [7, 11) is 0. The zero-order chi connectivity index (χ0) is 14.7. The van der Waals surface area contributed by atoms with Gasteiger partial charge in [0.25, 0.3) is 0 Å². The van der Waals surface area contributed by atoms with Crippen molar-refractivity contribution in [2.45, 2.75) is 38.4 Å². The first-order valence-electron chi connectivity index (χ1n) is 7.72. The lowest BCUT2D eigenvalue weighted by molar-refractivity contribution is 0.170. The molecule has 0 bridgehead atoms. The van der Waals surface area contributed by atoms with Crippen LogP contribution in [0.15, 0.2) is 48.8 Å². The molecule has 3 nitrogen and oxygen atoms in total. The predicted octanol–water partition coefficient (Wildman–Crippen LogP) is 2.92. The Labute approximate surface area is 126 Å². The van der Waals surface area contributed by atoms with Gasteiger partial charge < -0.3 is 5.73 Å². The standard InChI is InChI=1S/C18H23N3/c1-14(19)18(16-8-10-20-11-9-16)21-12-4-7-15-5-2-3-6-17(15)13-21/h2-3,5-6,8-11,14,18H,4,7,12-13,19H2,1H3. The Morgan fingerprint density at radius 3 is 2.52 bits per heavy atom. The van der Waals surface area contributed by atoms with Crippen LogP contribution in [0.2, 0.25) is 0 Å². The molecule has 1 aliphatic rings. The highest BCUT2D eigenvalue weighted by Gasteiger charge is 2.26. The summed E-state index contributed by atoms with van der Waals surface area (Å²) in [5.41, 5.74) is 10.5. The average molecular weight is 281 g/mol. The zero-order valence-corrected chi connectivity index (χ0v) is 12.6. The number of rotatable bonds is 3. The number of benzene rings is 1. The second-order valence-corrected chi connectivity index (χ2v) is 5.93. The smallest absolute Gasteiger partial charge is 0.0501 e. The first kappa shape index (κ1) is 14.2. The van der Waals surface area contributed by atoms with E-state index in [4.69, 9.17) is 5.73 Å². The van der Waals surface area contributed by atoms with Crippen molar-refractivity contribution in [1.82, 2.24) is 9.88 Å². The van der Waals surface area contributed by atoms with Gasteiger partial charge >= 0.3 is 0 Å². The molecule has 0 aliphatic carbocycles. The highest BCUT2D eigenvalue weighted by molar-refractivity contribution is 5.29. The predicted molar refractivity (Wildman–Crippen MR) is 85.8 cm³/mol. The van der Waals surface area contributed by atoms with Crippen molar-refractivity contribution < 1.29 is 0 Å².